The fourth-order valence-electron chi connectivity index (χ4n) is 2.90. The molecule has 3 aromatic rings. The number of nitrogens with zero attached hydrogens (tertiary/aromatic N) is 3. The van der Waals surface area contributed by atoms with E-state index in [0.29, 0.717) is 19.0 Å². The summed E-state index contributed by atoms with van der Waals surface area (Å²) in [5, 5.41) is 19.2. The predicted molar refractivity (Wildman–Crippen MR) is 111 cm³/mol. The van der Waals surface area contributed by atoms with Gasteiger partial charge in [-0.2, -0.15) is 4.98 Å². The molecule has 4 N–H and O–H groups in total. The van der Waals surface area contributed by atoms with Gasteiger partial charge in [0.2, 0.25) is 5.95 Å². The first-order valence-corrected chi connectivity index (χ1v) is 9.44. The number of benzene rings is 1. The molecule has 28 heavy (non-hydrogen) atoms. The largest absolute Gasteiger partial charge is 0.481 e. The van der Waals surface area contributed by atoms with Gasteiger partial charge in [0.25, 0.3) is 0 Å². The number of fused-ring (bicyclic) bond motifs is 1. The van der Waals surface area contributed by atoms with Crippen LogP contribution >= 0.6 is 0 Å². The number of carboxylic acid groups (broad SMARTS) is 1. The number of aromatic nitrogens is 3. The number of anilines is 2. The topological polar surface area (TPSA) is 104 Å². The SMILES string of the molecule is CCCNc1nc(NC)nc2cc(-n3ccc(CNCCC(=O)O)c3)ccc12. The van der Waals surface area contributed by atoms with Crippen molar-refractivity contribution in [3.05, 3.63) is 42.2 Å². The molecular formula is C20H26N6O2. The highest BCUT2D eigenvalue weighted by molar-refractivity contribution is 5.91. The second-order valence-corrected chi connectivity index (χ2v) is 6.52. The summed E-state index contributed by atoms with van der Waals surface area (Å²) in [7, 11) is 1.81. The summed E-state index contributed by atoms with van der Waals surface area (Å²) >= 11 is 0. The van der Waals surface area contributed by atoms with Crippen LogP contribution in [-0.2, 0) is 11.3 Å². The third-order valence-corrected chi connectivity index (χ3v) is 4.34. The quantitative estimate of drug-likeness (QED) is 0.400. The molecule has 2 aromatic heterocycles. The molecule has 0 spiro atoms. The molecule has 8 nitrogen and oxygen atoms in total. The van der Waals surface area contributed by atoms with Crippen LogP contribution in [0.4, 0.5) is 11.8 Å². The molecular weight excluding hydrogens is 356 g/mol. The van der Waals surface area contributed by atoms with Crippen molar-refractivity contribution in [3.8, 4) is 5.69 Å². The molecule has 0 saturated heterocycles. The van der Waals surface area contributed by atoms with Gasteiger partial charge in [0.1, 0.15) is 5.82 Å². The smallest absolute Gasteiger partial charge is 0.304 e. The predicted octanol–water partition coefficient (Wildman–Crippen LogP) is 2.85. The van der Waals surface area contributed by atoms with E-state index in [9.17, 15) is 4.79 Å². The van der Waals surface area contributed by atoms with Crippen LogP contribution in [-0.4, -0.2) is 45.7 Å². The van der Waals surface area contributed by atoms with E-state index in [2.05, 4.69) is 32.8 Å². The highest BCUT2D eigenvalue weighted by atomic mass is 16.4. The molecule has 0 aliphatic carbocycles. The molecule has 0 aliphatic rings. The maximum Gasteiger partial charge on any atom is 0.304 e. The van der Waals surface area contributed by atoms with Gasteiger partial charge in [-0.05, 0) is 36.2 Å². The number of nitrogens with one attached hydrogen (secondary N) is 3. The van der Waals surface area contributed by atoms with Crippen LogP contribution < -0.4 is 16.0 Å². The maximum absolute atomic E-state index is 10.6. The molecule has 1 aromatic carbocycles. The average molecular weight is 382 g/mol. The third kappa shape index (κ3) is 4.77. The van der Waals surface area contributed by atoms with E-state index in [1.807, 2.05) is 48.3 Å². The summed E-state index contributed by atoms with van der Waals surface area (Å²) in [5.41, 5.74) is 2.96. The van der Waals surface area contributed by atoms with Crippen LogP contribution in [0.15, 0.2) is 36.7 Å². The number of hydrogen-bond acceptors (Lipinski definition) is 6. The number of hydrogen-bond donors (Lipinski definition) is 4. The summed E-state index contributed by atoms with van der Waals surface area (Å²) in [5.74, 6) is 0.620. The Morgan fingerprint density at radius 1 is 1.21 bits per heavy atom. The zero-order valence-corrected chi connectivity index (χ0v) is 16.2. The van der Waals surface area contributed by atoms with Crippen LogP contribution in [0, 0.1) is 0 Å². The van der Waals surface area contributed by atoms with E-state index in [0.717, 1.165) is 40.9 Å². The summed E-state index contributed by atoms with van der Waals surface area (Å²) in [4.78, 5) is 19.7. The van der Waals surface area contributed by atoms with Crippen molar-refractivity contribution in [3.63, 3.8) is 0 Å². The van der Waals surface area contributed by atoms with Gasteiger partial charge in [-0.15, -0.1) is 0 Å². The van der Waals surface area contributed by atoms with Gasteiger partial charge in [-0.1, -0.05) is 6.92 Å². The molecule has 0 saturated carbocycles. The number of carboxylic acids is 1. The van der Waals surface area contributed by atoms with Crippen molar-refractivity contribution in [2.45, 2.75) is 26.3 Å². The van der Waals surface area contributed by atoms with E-state index in [4.69, 9.17) is 5.11 Å². The highest BCUT2D eigenvalue weighted by Crippen LogP contribution is 2.25. The second-order valence-electron chi connectivity index (χ2n) is 6.52. The van der Waals surface area contributed by atoms with Crippen LogP contribution in [0.2, 0.25) is 0 Å². The summed E-state index contributed by atoms with van der Waals surface area (Å²) in [6.45, 7) is 4.05. The molecule has 2 heterocycles. The van der Waals surface area contributed by atoms with Crippen LogP contribution in [0.25, 0.3) is 16.6 Å². The molecule has 0 unspecified atom stereocenters. The van der Waals surface area contributed by atoms with Gasteiger partial charge in [-0.3, -0.25) is 4.79 Å². The van der Waals surface area contributed by atoms with Crippen LogP contribution in [0.5, 0.6) is 0 Å². The molecule has 8 heteroatoms. The van der Waals surface area contributed by atoms with Crippen molar-refractivity contribution in [2.75, 3.05) is 30.8 Å². The molecule has 0 radical (unpaired) electrons. The monoisotopic (exact) mass is 382 g/mol. The standard InChI is InChI=1S/C20H26N6O2/c1-3-8-23-19-16-5-4-15(11-17(16)24-20(21-2)25-19)26-10-7-14(13-26)12-22-9-6-18(27)28/h4-5,7,10-11,13,22H,3,6,8-9,12H2,1-2H3,(H,27,28)(H2,21,23,24,25). The summed E-state index contributed by atoms with van der Waals surface area (Å²) in [6.07, 6.45) is 5.16. The van der Waals surface area contributed by atoms with E-state index >= 15 is 0 Å². The van der Waals surface area contributed by atoms with E-state index < -0.39 is 5.97 Å². The van der Waals surface area contributed by atoms with Gasteiger partial charge in [0, 0.05) is 50.1 Å². The van der Waals surface area contributed by atoms with Crippen molar-refractivity contribution >= 4 is 28.6 Å². The molecule has 0 bridgehead atoms. The number of rotatable bonds is 10. The van der Waals surface area contributed by atoms with Gasteiger partial charge in [0.15, 0.2) is 0 Å². The molecule has 148 valence electrons. The summed E-state index contributed by atoms with van der Waals surface area (Å²) in [6, 6.07) is 8.14. The van der Waals surface area contributed by atoms with Gasteiger partial charge < -0.3 is 25.6 Å². The lowest BCUT2D eigenvalue weighted by Crippen LogP contribution is -2.17. The lowest BCUT2D eigenvalue weighted by atomic mass is 10.2. The zero-order chi connectivity index (χ0) is 19.9. The number of carbonyl (C=O) groups is 1. The Hall–Kier alpha value is -3.13. The van der Waals surface area contributed by atoms with Gasteiger partial charge in [0.05, 0.1) is 11.9 Å². The van der Waals surface area contributed by atoms with Crippen molar-refractivity contribution in [1.82, 2.24) is 19.9 Å². The average Bonchev–Trinajstić information content (AvgIpc) is 3.17. The minimum absolute atomic E-state index is 0.118. The highest BCUT2D eigenvalue weighted by Gasteiger charge is 2.09. The van der Waals surface area contributed by atoms with Crippen molar-refractivity contribution < 1.29 is 9.90 Å². The zero-order valence-electron chi connectivity index (χ0n) is 16.2. The molecule has 3 rings (SSSR count). The molecule has 0 aliphatic heterocycles. The Morgan fingerprint density at radius 3 is 2.82 bits per heavy atom. The molecule has 0 atom stereocenters. The minimum Gasteiger partial charge on any atom is -0.481 e. The van der Waals surface area contributed by atoms with E-state index in [1.54, 1.807) is 0 Å². The van der Waals surface area contributed by atoms with Crippen molar-refractivity contribution in [1.29, 1.82) is 0 Å². The van der Waals surface area contributed by atoms with E-state index in [1.165, 1.54) is 0 Å². The Kier molecular flexibility index (Phi) is 6.44. The van der Waals surface area contributed by atoms with Gasteiger partial charge in [-0.25, -0.2) is 4.98 Å². The minimum atomic E-state index is -0.794. The molecule has 0 amide bonds. The lowest BCUT2D eigenvalue weighted by molar-refractivity contribution is -0.136. The second kappa shape index (κ2) is 9.18. The first-order chi connectivity index (χ1) is 13.6. The van der Waals surface area contributed by atoms with E-state index in [-0.39, 0.29) is 6.42 Å². The maximum atomic E-state index is 10.6. The Balaban J connectivity index is 1.81. The van der Waals surface area contributed by atoms with Crippen molar-refractivity contribution in [2.24, 2.45) is 0 Å². The normalized spacial score (nSPS) is 10.9. The van der Waals surface area contributed by atoms with Gasteiger partial charge >= 0.3 is 5.97 Å². The summed E-state index contributed by atoms with van der Waals surface area (Å²) < 4.78 is 2.04. The fraction of sp³-hybridized carbons (Fsp3) is 0.350. The van der Waals surface area contributed by atoms with Crippen LogP contribution in [0.3, 0.4) is 0 Å². The number of aliphatic carboxylic acids is 1. The molecule has 0 fully saturated rings. The fourth-order valence-corrected chi connectivity index (χ4v) is 2.90. The first-order valence-electron chi connectivity index (χ1n) is 9.44. The third-order valence-electron chi connectivity index (χ3n) is 4.34. The Labute approximate surface area is 164 Å². The first kappa shape index (κ1) is 19.6. The Bertz CT molecular complexity index is 953. The lowest BCUT2D eigenvalue weighted by Gasteiger charge is -2.11. The Morgan fingerprint density at radius 2 is 2.07 bits per heavy atom. The van der Waals surface area contributed by atoms with Crippen LogP contribution in [0.1, 0.15) is 25.3 Å².